The normalized spacial score (nSPS) is 17.3. The molecule has 28 heavy (non-hydrogen) atoms. The van der Waals surface area contributed by atoms with Crippen LogP contribution in [0.5, 0.6) is 0 Å². The second-order valence-electron chi connectivity index (χ2n) is 7.31. The first kappa shape index (κ1) is 18.7. The SMILES string of the molecule is O=C(NCCC(O)c1cc2ccccc2o1)C1(c2ccccc2)CCOCC1. The lowest BCUT2D eigenvalue weighted by atomic mass is 9.73. The third-order valence-corrected chi connectivity index (χ3v) is 5.58. The summed E-state index contributed by atoms with van der Waals surface area (Å²) in [4.78, 5) is 13.1. The van der Waals surface area contributed by atoms with Crippen LogP contribution in [-0.2, 0) is 14.9 Å². The molecule has 2 heterocycles. The van der Waals surface area contributed by atoms with Crippen LogP contribution < -0.4 is 5.32 Å². The topological polar surface area (TPSA) is 71.7 Å². The lowest BCUT2D eigenvalue weighted by Gasteiger charge is -2.36. The molecular formula is C23H25NO4. The highest BCUT2D eigenvalue weighted by Gasteiger charge is 2.41. The van der Waals surface area contributed by atoms with Crippen LogP contribution in [0.3, 0.4) is 0 Å². The standard InChI is InChI=1S/C23H25NO4/c25-19(21-16-17-6-4-5-9-20(17)28-21)10-13-24-22(26)23(11-14-27-15-12-23)18-7-2-1-3-8-18/h1-9,16,19,25H,10-15H2,(H,24,26). The van der Waals surface area contributed by atoms with Crippen LogP contribution in [0.25, 0.3) is 11.0 Å². The Balaban J connectivity index is 1.41. The second kappa shape index (κ2) is 8.17. The van der Waals surface area contributed by atoms with Gasteiger partial charge in [-0.3, -0.25) is 4.79 Å². The zero-order valence-electron chi connectivity index (χ0n) is 15.8. The van der Waals surface area contributed by atoms with Gasteiger partial charge in [-0.25, -0.2) is 0 Å². The molecule has 146 valence electrons. The maximum absolute atomic E-state index is 13.1. The lowest BCUT2D eigenvalue weighted by molar-refractivity contribution is -0.130. The molecule has 0 radical (unpaired) electrons. The molecule has 1 aromatic heterocycles. The van der Waals surface area contributed by atoms with Gasteiger partial charge in [0.05, 0.1) is 5.41 Å². The molecule has 0 bridgehead atoms. The summed E-state index contributed by atoms with van der Waals surface area (Å²) in [5.41, 5.74) is 1.21. The molecule has 1 amide bonds. The summed E-state index contributed by atoms with van der Waals surface area (Å²) in [7, 11) is 0. The fourth-order valence-electron chi connectivity index (χ4n) is 3.92. The number of hydrogen-bond acceptors (Lipinski definition) is 4. The van der Waals surface area contributed by atoms with Crippen LogP contribution in [0, 0.1) is 0 Å². The minimum atomic E-state index is -0.755. The molecule has 1 atom stereocenters. The number of carbonyl (C=O) groups excluding carboxylic acids is 1. The van der Waals surface area contributed by atoms with E-state index in [4.69, 9.17) is 9.15 Å². The Bertz CT molecular complexity index is 895. The fraction of sp³-hybridized carbons (Fsp3) is 0.348. The van der Waals surface area contributed by atoms with Gasteiger partial charge in [-0.1, -0.05) is 48.5 Å². The van der Waals surface area contributed by atoms with E-state index in [1.165, 1.54) is 0 Å². The molecule has 1 aliphatic rings. The van der Waals surface area contributed by atoms with Crippen LogP contribution in [0.2, 0.25) is 0 Å². The summed E-state index contributed by atoms with van der Waals surface area (Å²) < 4.78 is 11.2. The smallest absolute Gasteiger partial charge is 0.230 e. The molecule has 3 aromatic rings. The van der Waals surface area contributed by atoms with E-state index in [1.807, 2.05) is 60.7 Å². The Hall–Kier alpha value is -2.63. The summed E-state index contributed by atoms with van der Waals surface area (Å²) >= 11 is 0. The van der Waals surface area contributed by atoms with Crippen LogP contribution in [0.1, 0.15) is 36.7 Å². The number of benzene rings is 2. The zero-order valence-corrected chi connectivity index (χ0v) is 15.8. The minimum Gasteiger partial charge on any atom is -0.458 e. The Labute approximate surface area is 164 Å². The molecule has 2 aromatic carbocycles. The van der Waals surface area contributed by atoms with Gasteiger partial charge < -0.3 is 19.6 Å². The minimum absolute atomic E-state index is 0.00111. The van der Waals surface area contributed by atoms with Crippen LogP contribution in [0.15, 0.2) is 65.1 Å². The van der Waals surface area contributed by atoms with Gasteiger partial charge in [0, 0.05) is 25.1 Å². The summed E-state index contributed by atoms with van der Waals surface area (Å²) in [6.45, 7) is 1.53. The Kier molecular flexibility index (Phi) is 5.46. The van der Waals surface area contributed by atoms with E-state index in [2.05, 4.69) is 5.32 Å². The Morgan fingerprint density at radius 3 is 2.54 bits per heavy atom. The van der Waals surface area contributed by atoms with Gasteiger partial charge in [0.25, 0.3) is 0 Å². The Morgan fingerprint density at radius 1 is 1.07 bits per heavy atom. The predicted octanol–water partition coefficient (Wildman–Crippen LogP) is 3.72. The number of aliphatic hydroxyl groups excluding tert-OH is 1. The van der Waals surface area contributed by atoms with Crippen molar-refractivity contribution in [3.63, 3.8) is 0 Å². The van der Waals surface area contributed by atoms with Gasteiger partial charge in [-0.15, -0.1) is 0 Å². The number of ether oxygens (including phenoxy) is 1. The van der Waals surface area contributed by atoms with Gasteiger partial charge >= 0.3 is 0 Å². The number of rotatable bonds is 6. The van der Waals surface area contributed by atoms with Crippen molar-refractivity contribution < 1.29 is 19.1 Å². The number of hydrogen-bond donors (Lipinski definition) is 2. The third-order valence-electron chi connectivity index (χ3n) is 5.58. The van der Waals surface area contributed by atoms with E-state index in [9.17, 15) is 9.90 Å². The van der Waals surface area contributed by atoms with Gasteiger partial charge in [-0.05, 0) is 37.0 Å². The lowest BCUT2D eigenvalue weighted by Crippen LogP contribution is -2.48. The quantitative estimate of drug-likeness (QED) is 0.685. The van der Waals surface area contributed by atoms with Crippen molar-refractivity contribution in [3.05, 3.63) is 72.0 Å². The number of carbonyl (C=O) groups is 1. The van der Waals surface area contributed by atoms with Crippen molar-refractivity contribution in [2.24, 2.45) is 0 Å². The van der Waals surface area contributed by atoms with E-state index in [0.717, 1.165) is 16.5 Å². The molecular weight excluding hydrogens is 354 g/mol. The van der Waals surface area contributed by atoms with Crippen LogP contribution in [-0.4, -0.2) is 30.8 Å². The summed E-state index contributed by atoms with van der Waals surface area (Å²) in [5, 5.41) is 14.5. The molecule has 0 saturated carbocycles. The molecule has 0 spiro atoms. The summed E-state index contributed by atoms with van der Waals surface area (Å²) in [5.74, 6) is 0.526. The number of para-hydroxylation sites is 1. The van der Waals surface area contributed by atoms with Gasteiger partial charge in [-0.2, -0.15) is 0 Å². The van der Waals surface area contributed by atoms with Crippen LogP contribution in [0.4, 0.5) is 0 Å². The summed E-state index contributed by atoms with van der Waals surface area (Å²) in [6, 6.07) is 19.4. The van der Waals surface area contributed by atoms with E-state index in [1.54, 1.807) is 0 Å². The average molecular weight is 379 g/mol. The van der Waals surface area contributed by atoms with Crippen molar-refractivity contribution in [1.82, 2.24) is 5.32 Å². The third kappa shape index (κ3) is 3.68. The number of amides is 1. The highest BCUT2D eigenvalue weighted by atomic mass is 16.5. The molecule has 1 saturated heterocycles. The number of furan rings is 1. The molecule has 1 fully saturated rings. The highest BCUT2D eigenvalue weighted by Crippen LogP contribution is 2.35. The molecule has 0 aliphatic carbocycles. The second-order valence-corrected chi connectivity index (χ2v) is 7.31. The Morgan fingerprint density at radius 2 is 1.79 bits per heavy atom. The fourth-order valence-corrected chi connectivity index (χ4v) is 3.92. The molecule has 2 N–H and O–H groups in total. The molecule has 1 unspecified atom stereocenters. The van der Waals surface area contributed by atoms with E-state index >= 15 is 0 Å². The van der Waals surface area contributed by atoms with Crippen molar-refractivity contribution in [2.75, 3.05) is 19.8 Å². The molecule has 5 nitrogen and oxygen atoms in total. The van der Waals surface area contributed by atoms with Crippen molar-refractivity contribution >= 4 is 16.9 Å². The molecule has 4 rings (SSSR count). The highest BCUT2D eigenvalue weighted by molar-refractivity contribution is 5.88. The van der Waals surface area contributed by atoms with E-state index in [0.29, 0.717) is 44.8 Å². The van der Waals surface area contributed by atoms with Crippen molar-refractivity contribution in [1.29, 1.82) is 0 Å². The number of fused-ring (bicyclic) bond motifs is 1. The number of nitrogens with one attached hydrogen (secondary N) is 1. The first-order valence-corrected chi connectivity index (χ1v) is 9.77. The summed E-state index contributed by atoms with van der Waals surface area (Å²) in [6.07, 6.45) is 0.965. The monoisotopic (exact) mass is 379 g/mol. The molecule has 1 aliphatic heterocycles. The first-order valence-electron chi connectivity index (χ1n) is 9.77. The maximum Gasteiger partial charge on any atom is 0.230 e. The van der Waals surface area contributed by atoms with E-state index in [-0.39, 0.29) is 5.91 Å². The van der Waals surface area contributed by atoms with Gasteiger partial charge in [0.2, 0.25) is 5.91 Å². The maximum atomic E-state index is 13.1. The van der Waals surface area contributed by atoms with Crippen LogP contribution >= 0.6 is 0 Å². The first-order chi connectivity index (χ1) is 13.7. The van der Waals surface area contributed by atoms with Gasteiger partial charge in [0.1, 0.15) is 17.4 Å². The number of aliphatic hydroxyl groups is 1. The largest absolute Gasteiger partial charge is 0.458 e. The zero-order chi connectivity index (χ0) is 19.4. The average Bonchev–Trinajstić information content (AvgIpc) is 3.19. The van der Waals surface area contributed by atoms with Crippen molar-refractivity contribution in [2.45, 2.75) is 30.8 Å². The van der Waals surface area contributed by atoms with E-state index < -0.39 is 11.5 Å². The predicted molar refractivity (Wildman–Crippen MR) is 107 cm³/mol. The van der Waals surface area contributed by atoms with Gasteiger partial charge in [0.15, 0.2) is 0 Å². The van der Waals surface area contributed by atoms with Crippen molar-refractivity contribution in [3.8, 4) is 0 Å². The molecule has 5 heteroatoms.